The average molecular weight is 701 g/mol. The fraction of sp³-hybridized carbons (Fsp3) is 0.158. The number of hydrogen-bond donors (Lipinski definition) is 0. The Labute approximate surface area is 354 Å². The van der Waals surface area contributed by atoms with Gasteiger partial charge in [0.2, 0.25) is 0 Å². The summed E-state index contributed by atoms with van der Waals surface area (Å²) in [5.74, 6) is 0. The molecule has 0 radical (unpaired) electrons. The van der Waals surface area contributed by atoms with Gasteiger partial charge in [-0.25, -0.2) is 0 Å². The molecule has 3 aromatic rings. The monoisotopic (exact) mass is 698 g/mol. The van der Waals surface area contributed by atoms with Crippen LogP contribution < -0.4 is 175 Å². The molecule has 3 rings (SSSR count). The van der Waals surface area contributed by atoms with Gasteiger partial charge in [-0.05, 0) is 13.8 Å². The molecule has 2 nitrogen and oxygen atoms in total. The van der Waals surface area contributed by atoms with Crippen molar-refractivity contribution in [1.29, 1.82) is 0 Å². The first-order valence-corrected chi connectivity index (χ1v) is 42.0. The maximum atomic E-state index is 4.29. The van der Waals surface area contributed by atoms with Crippen LogP contribution in [0.2, 0.25) is 0 Å². The summed E-state index contributed by atoms with van der Waals surface area (Å²) in [5, 5.41) is 8.57. The Kier molecular flexibility index (Phi) is 26.4. The van der Waals surface area contributed by atoms with Gasteiger partial charge in [0.15, 0.2) is 0 Å². The van der Waals surface area contributed by atoms with Crippen molar-refractivity contribution < 1.29 is 176 Å². The SMILES string of the molecule is Cc1c[c-]c(-c2c(C)nnc(C)c2-c2cc[c-]cc2)cc1.[H-].[Rb+].[Rb+].[Rb+].[Rb][Rb]. The van der Waals surface area contributed by atoms with Gasteiger partial charge in [0.25, 0.3) is 0 Å². The summed E-state index contributed by atoms with van der Waals surface area (Å²) in [6.45, 7) is 6.06. The fourth-order valence-corrected chi connectivity index (χ4v) is 2.51. The summed E-state index contributed by atoms with van der Waals surface area (Å²) < 4.78 is 0. The Morgan fingerprint density at radius 3 is 1.85 bits per heavy atom. The van der Waals surface area contributed by atoms with Gasteiger partial charge in [0.1, 0.15) is 0 Å². The third-order valence-corrected chi connectivity index (χ3v) is 3.57. The van der Waals surface area contributed by atoms with Gasteiger partial charge in [0, 0.05) is 5.69 Å². The third-order valence-electron chi connectivity index (χ3n) is 3.57. The molecular formula is C19H17N2Rb5. The quantitative estimate of drug-likeness (QED) is 0.250. The first-order chi connectivity index (χ1) is 11.2. The molecule has 0 saturated carbocycles. The van der Waals surface area contributed by atoms with Gasteiger partial charge >= 0.3 is 242 Å². The van der Waals surface area contributed by atoms with Crippen LogP contribution in [0, 0.1) is 32.9 Å². The molecule has 0 aliphatic carbocycles. The van der Waals surface area contributed by atoms with E-state index in [1.807, 2.05) is 32.0 Å². The molecule has 0 spiro atoms. The van der Waals surface area contributed by atoms with E-state index in [0.29, 0.717) is 0 Å². The van der Waals surface area contributed by atoms with Crippen LogP contribution in [-0.4, -0.2) is 77.9 Å². The molecule has 26 heavy (non-hydrogen) atoms. The van der Waals surface area contributed by atoms with Gasteiger partial charge in [-0.15, -0.1) is 41.0 Å². The van der Waals surface area contributed by atoms with E-state index in [2.05, 4.69) is 53.5 Å². The van der Waals surface area contributed by atoms with Crippen molar-refractivity contribution in [3.63, 3.8) is 0 Å². The number of aryl methyl sites for hydroxylation is 3. The third kappa shape index (κ3) is 10.9. The number of benzene rings is 2. The van der Waals surface area contributed by atoms with E-state index in [1.54, 1.807) is 0 Å². The van der Waals surface area contributed by atoms with Crippen molar-refractivity contribution in [3.05, 3.63) is 71.5 Å². The maximum absolute atomic E-state index is 4.29. The second-order valence-corrected chi connectivity index (χ2v) is 5.19. The Morgan fingerprint density at radius 2 is 1.35 bits per heavy atom. The molecule has 0 aliphatic rings. The molecule has 1 aromatic heterocycles. The Hall–Kier alpha value is 6.55. The summed E-state index contributed by atoms with van der Waals surface area (Å²) in [7, 11) is 0. The Morgan fingerprint density at radius 1 is 0.808 bits per heavy atom. The first kappa shape index (κ1) is 34.7. The molecule has 0 saturated heterocycles. The van der Waals surface area contributed by atoms with E-state index in [9.17, 15) is 0 Å². The summed E-state index contributed by atoms with van der Waals surface area (Å²) in [6.07, 6.45) is 0. The van der Waals surface area contributed by atoms with E-state index >= 15 is 0 Å². The Balaban J connectivity index is -0.000000930. The minimum atomic E-state index is 0. The predicted octanol–water partition coefficient (Wildman–Crippen LogP) is -5.30. The van der Waals surface area contributed by atoms with Crippen molar-refractivity contribution in [3.8, 4) is 22.3 Å². The predicted molar refractivity (Wildman–Crippen MR) is 97.4 cm³/mol. The summed E-state index contributed by atoms with van der Waals surface area (Å²) in [5.41, 5.74) is 7.46. The van der Waals surface area contributed by atoms with Crippen LogP contribution in [0.25, 0.3) is 22.3 Å². The molecule has 2 aromatic carbocycles. The molecule has 0 bridgehead atoms. The van der Waals surface area contributed by atoms with Crippen LogP contribution in [0.15, 0.2) is 42.5 Å². The molecule has 0 atom stereocenters. The normalized spacial score (nSPS) is 8.88. The summed E-state index contributed by atoms with van der Waals surface area (Å²) >= 11 is 2.32. The Bertz CT molecular complexity index is 784. The topological polar surface area (TPSA) is 25.8 Å². The fourth-order valence-electron chi connectivity index (χ4n) is 2.51. The summed E-state index contributed by atoms with van der Waals surface area (Å²) in [4.78, 5) is 0. The zero-order valence-electron chi connectivity index (χ0n) is 18.4. The zero-order chi connectivity index (χ0) is 16.8. The number of rotatable bonds is 2. The minimum absolute atomic E-state index is 0. The van der Waals surface area contributed by atoms with Crippen LogP contribution in [-0.2, 0) is 0 Å². The van der Waals surface area contributed by atoms with Gasteiger partial charge in [-0.3, -0.25) is 0 Å². The van der Waals surface area contributed by atoms with Gasteiger partial charge in [-0.1, -0.05) is 18.1 Å². The van der Waals surface area contributed by atoms with Gasteiger partial charge in [-0.2, -0.15) is 40.5 Å². The van der Waals surface area contributed by atoms with Gasteiger partial charge < -0.3 is 1.43 Å². The second kappa shape index (κ2) is 19.8. The second-order valence-electron chi connectivity index (χ2n) is 5.19. The molecular weight excluding hydrogens is 684 g/mol. The van der Waals surface area contributed by atoms with E-state index in [-0.39, 0.29) is 176 Å². The van der Waals surface area contributed by atoms with Gasteiger partial charge in [0.05, 0.1) is 5.69 Å². The molecule has 0 aliphatic heterocycles. The molecule has 0 N–H and O–H groups in total. The van der Waals surface area contributed by atoms with Crippen molar-refractivity contribution in [2.45, 2.75) is 20.8 Å². The van der Waals surface area contributed by atoms with E-state index in [1.165, 1.54) is 5.56 Å². The summed E-state index contributed by atoms with van der Waals surface area (Å²) in [6, 6.07) is 20.6. The van der Waals surface area contributed by atoms with Crippen LogP contribution in [0.3, 0.4) is 0 Å². The van der Waals surface area contributed by atoms with Crippen LogP contribution in [0.4, 0.5) is 0 Å². The van der Waals surface area contributed by atoms with Crippen LogP contribution >= 0.6 is 0 Å². The molecule has 0 fully saturated rings. The number of aromatic nitrogens is 2. The van der Waals surface area contributed by atoms with Crippen molar-refractivity contribution in [2.75, 3.05) is 0 Å². The average Bonchev–Trinajstić information content (AvgIpc) is 2.60. The number of hydrogen-bond acceptors (Lipinski definition) is 2. The van der Waals surface area contributed by atoms with Crippen LogP contribution in [0.1, 0.15) is 18.4 Å². The molecule has 108 valence electrons. The van der Waals surface area contributed by atoms with Crippen molar-refractivity contribution in [1.82, 2.24) is 10.2 Å². The number of nitrogens with zero attached hydrogens (tertiary/aromatic N) is 2. The molecule has 1 heterocycles. The molecule has 0 amide bonds. The zero-order valence-corrected chi connectivity index (χ0v) is 42.0. The van der Waals surface area contributed by atoms with Crippen LogP contribution in [0.5, 0.6) is 0 Å². The van der Waals surface area contributed by atoms with E-state index in [4.69, 9.17) is 0 Å². The van der Waals surface area contributed by atoms with E-state index in [0.717, 1.165) is 101 Å². The molecule has 0 unspecified atom stereocenters. The van der Waals surface area contributed by atoms with Crippen molar-refractivity contribution >= 4 is 67.7 Å². The molecule has 7 heteroatoms. The van der Waals surface area contributed by atoms with Crippen molar-refractivity contribution in [2.24, 2.45) is 0 Å². The standard InChI is InChI=1S/C19H16N2.5Rb.H/c1-13-9-11-17(12-10-13)19-15(3)21-20-14(2)18(19)16-7-5-4-6-8-16;;;;;;/h5-11H,1-3H3;;;;;;/q-2;;;3*+1;-1. The van der Waals surface area contributed by atoms with E-state index < -0.39 is 0 Å². The first-order valence-electron chi connectivity index (χ1n) is 7.96.